The summed E-state index contributed by atoms with van der Waals surface area (Å²) in [6, 6.07) is 5.70. The summed E-state index contributed by atoms with van der Waals surface area (Å²) >= 11 is 1.95. The summed E-state index contributed by atoms with van der Waals surface area (Å²) < 4.78 is 1.23. The third kappa shape index (κ3) is 2.24. The van der Waals surface area contributed by atoms with Crippen molar-refractivity contribution in [1.29, 1.82) is 0 Å². The number of thioether (sulfide) groups is 1. The minimum Gasteiger partial charge on any atom is -0.370 e. The Bertz CT molecular complexity index is 744. The fraction of sp³-hybridized carbons (Fsp3) is 0.429. The van der Waals surface area contributed by atoms with Crippen molar-refractivity contribution in [3.63, 3.8) is 0 Å². The number of benzene rings is 1. The van der Waals surface area contributed by atoms with Crippen LogP contribution in [-0.4, -0.2) is 34.1 Å². The van der Waals surface area contributed by atoms with Crippen LogP contribution in [0.4, 0.5) is 5.69 Å². The van der Waals surface area contributed by atoms with Crippen LogP contribution in [0.2, 0.25) is 0 Å². The largest absolute Gasteiger partial charge is 0.370 e. The van der Waals surface area contributed by atoms with Crippen LogP contribution in [0, 0.1) is 0 Å². The summed E-state index contributed by atoms with van der Waals surface area (Å²) in [6.07, 6.45) is 0. The topological polar surface area (TPSA) is 58.1 Å². The van der Waals surface area contributed by atoms with Gasteiger partial charge in [-0.15, -0.1) is 0 Å². The number of aromatic nitrogens is 2. The first-order chi connectivity index (χ1) is 9.70. The molecule has 106 valence electrons. The Morgan fingerprint density at radius 2 is 2.00 bits per heavy atom. The van der Waals surface area contributed by atoms with E-state index in [-0.39, 0.29) is 11.2 Å². The minimum absolute atomic E-state index is 0.209. The SMILES string of the molecule is CCn1c(=O)[nH]c2ccc(N3CCSCC3)cc2c1=O. The number of rotatable bonds is 2. The second-order valence-electron chi connectivity index (χ2n) is 4.81. The number of hydrogen-bond acceptors (Lipinski definition) is 4. The van der Waals surface area contributed by atoms with Gasteiger partial charge in [-0.1, -0.05) is 0 Å². The Morgan fingerprint density at radius 1 is 1.25 bits per heavy atom. The van der Waals surface area contributed by atoms with Crippen LogP contribution < -0.4 is 16.1 Å². The average molecular weight is 291 g/mol. The maximum absolute atomic E-state index is 12.3. The Labute approximate surface area is 120 Å². The van der Waals surface area contributed by atoms with Gasteiger partial charge in [-0.3, -0.25) is 9.36 Å². The Kier molecular flexibility index (Phi) is 3.56. The van der Waals surface area contributed by atoms with E-state index in [4.69, 9.17) is 0 Å². The molecule has 1 aliphatic rings. The van der Waals surface area contributed by atoms with E-state index in [1.807, 2.05) is 30.0 Å². The second kappa shape index (κ2) is 5.36. The zero-order valence-electron chi connectivity index (χ0n) is 11.4. The molecule has 1 aromatic heterocycles. The standard InChI is InChI=1S/C14H17N3O2S/c1-2-17-13(18)11-9-10(16-5-7-20-8-6-16)3-4-12(11)15-14(17)19/h3-4,9H,2,5-8H2,1H3,(H,15,19). The molecule has 0 radical (unpaired) electrons. The molecule has 0 unspecified atom stereocenters. The van der Waals surface area contributed by atoms with Gasteiger partial charge in [-0.25, -0.2) is 4.79 Å². The molecule has 0 aliphatic carbocycles. The number of fused-ring (bicyclic) bond motifs is 1. The maximum atomic E-state index is 12.3. The molecule has 2 aromatic rings. The normalized spacial score (nSPS) is 15.8. The van der Waals surface area contributed by atoms with E-state index in [9.17, 15) is 9.59 Å². The number of anilines is 1. The smallest absolute Gasteiger partial charge is 0.328 e. The first-order valence-corrected chi connectivity index (χ1v) is 7.95. The summed E-state index contributed by atoms with van der Waals surface area (Å²) in [5.74, 6) is 2.23. The predicted molar refractivity (Wildman–Crippen MR) is 84.0 cm³/mol. The molecule has 5 nitrogen and oxygen atoms in total. The van der Waals surface area contributed by atoms with Crippen molar-refractivity contribution in [2.45, 2.75) is 13.5 Å². The molecule has 2 heterocycles. The zero-order chi connectivity index (χ0) is 14.1. The van der Waals surface area contributed by atoms with Crippen molar-refractivity contribution < 1.29 is 0 Å². The summed E-state index contributed by atoms with van der Waals surface area (Å²) in [5.41, 5.74) is 1.12. The highest BCUT2D eigenvalue weighted by atomic mass is 32.2. The van der Waals surface area contributed by atoms with Gasteiger partial charge in [-0.05, 0) is 25.1 Å². The van der Waals surface area contributed by atoms with Gasteiger partial charge in [0.05, 0.1) is 10.9 Å². The lowest BCUT2D eigenvalue weighted by Crippen LogP contribution is -2.35. The van der Waals surface area contributed by atoms with E-state index in [0.29, 0.717) is 17.4 Å². The van der Waals surface area contributed by atoms with E-state index in [0.717, 1.165) is 30.3 Å². The van der Waals surface area contributed by atoms with E-state index in [1.165, 1.54) is 4.57 Å². The summed E-state index contributed by atoms with van der Waals surface area (Å²) in [6.45, 7) is 4.19. The number of H-pyrrole nitrogens is 1. The average Bonchev–Trinajstić information content (AvgIpc) is 2.48. The van der Waals surface area contributed by atoms with E-state index < -0.39 is 0 Å². The molecule has 1 fully saturated rings. The molecule has 0 bridgehead atoms. The van der Waals surface area contributed by atoms with Crippen molar-refractivity contribution in [2.75, 3.05) is 29.5 Å². The molecule has 20 heavy (non-hydrogen) atoms. The van der Waals surface area contributed by atoms with Gasteiger partial charge >= 0.3 is 5.69 Å². The van der Waals surface area contributed by atoms with Crippen LogP contribution in [0.1, 0.15) is 6.92 Å². The highest BCUT2D eigenvalue weighted by molar-refractivity contribution is 7.99. The van der Waals surface area contributed by atoms with Crippen LogP contribution in [0.25, 0.3) is 10.9 Å². The maximum Gasteiger partial charge on any atom is 0.328 e. The number of nitrogens with one attached hydrogen (secondary N) is 1. The molecule has 1 aliphatic heterocycles. The van der Waals surface area contributed by atoms with Gasteiger partial charge in [0.2, 0.25) is 0 Å². The first-order valence-electron chi connectivity index (χ1n) is 6.80. The molecule has 6 heteroatoms. The first kappa shape index (κ1) is 13.3. The molecular formula is C14H17N3O2S. The minimum atomic E-state index is -0.341. The summed E-state index contributed by atoms with van der Waals surface area (Å²) in [4.78, 5) is 29.2. The lowest BCUT2D eigenvalue weighted by molar-refractivity contribution is 0.684. The molecule has 1 N–H and O–H groups in total. The fourth-order valence-electron chi connectivity index (χ4n) is 2.54. The quantitative estimate of drug-likeness (QED) is 0.905. The number of aromatic amines is 1. The molecule has 1 aromatic carbocycles. The lowest BCUT2D eigenvalue weighted by atomic mass is 10.2. The van der Waals surface area contributed by atoms with Gasteiger partial charge < -0.3 is 9.88 Å². The van der Waals surface area contributed by atoms with Crippen molar-refractivity contribution in [3.05, 3.63) is 39.0 Å². The Hall–Kier alpha value is -1.69. The van der Waals surface area contributed by atoms with Gasteiger partial charge in [-0.2, -0.15) is 11.8 Å². The van der Waals surface area contributed by atoms with Crippen LogP contribution in [-0.2, 0) is 6.54 Å². The summed E-state index contributed by atoms with van der Waals surface area (Å²) in [5, 5.41) is 0.585. The highest BCUT2D eigenvalue weighted by Crippen LogP contribution is 2.21. The van der Waals surface area contributed by atoms with Gasteiger partial charge in [0, 0.05) is 36.8 Å². The molecular weight excluding hydrogens is 274 g/mol. The van der Waals surface area contributed by atoms with Crippen molar-refractivity contribution in [2.24, 2.45) is 0 Å². The van der Waals surface area contributed by atoms with Crippen LogP contribution >= 0.6 is 11.8 Å². The van der Waals surface area contributed by atoms with E-state index >= 15 is 0 Å². The van der Waals surface area contributed by atoms with E-state index in [2.05, 4.69) is 9.88 Å². The van der Waals surface area contributed by atoms with Gasteiger partial charge in [0.15, 0.2) is 0 Å². The number of hydrogen-bond donors (Lipinski definition) is 1. The third-order valence-corrected chi connectivity index (χ3v) is 4.60. The zero-order valence-corrected chi connectivity index (χ0v) is 12.2. The molecule has 0 amide bonds. The van der Waals surface area contributed by atoms with Crippen molar-refractivity contribution >= 4 is 28.4 Å². The second-order valence-corrected chi connectivity index (χ2v) is 6.03. The van der Waals surface area contributed by atoms with Crippen LogP contribution in [0.15, 0.2) is 27.8 Å². The van der Waals surface area contributed by atoms with Crippen LogP contribution in [0.5, 0.6) is 0 Å². The molecule has 3 rings (SSSR count). The summed E-state index contributed by atoms with van der Waals surface area (Å²) in [7, 11) is 0. The molecule has 0 spiro atoms. The molecule has 1 saturated heterocycles. The monoisotopic (exact) mass is 291 g/mol. The Balaban J connectivity index is 2.14. The third-order valence-electron chi connectivity index (χ3n) is 3.66. The molecule has 0 atom stereocenters. The number of nitrogens with zero attached hydrogens (tertiary/aromatic N) is 2. The lowest BCUT2D eigenvalue weighted by Gasteiger charge is -2.28. The fourth-order valence-corrected chi connectivity index (χ4v) is 3.45. The predicted octanol–water partition coefficient (Wildman–Crippen LogP) is 1.26. The Morgan fingerprint density at radius 3 is 2.70 bits per heavy atom. The van der Waals surface area contributed by atoms with Crippen LogP contribution in [0.3, 0.4) is 0 Å². The van der Waals surface area contributed by atoms with E-state index in [1.54, 1.807) is 6.92 Å². The van der Waals surface area contributed by atoms with Gasteiger partial charge in [0.25, 0.3) is 5.56 Å². The van der Waals surface area contributed by atoms with Crippen molar-refractivity contribution in [3.8, 4) is 0 Å². The van der Waals surface area contributed by atoms with Crippen molar-refractivity contribution in [1.82, 2.24) is 9.55 Å². The molecule has 0 saturated carbocycles. The van der Waals surface area contributed by atoms with Gasteiger partial charge in [0.1, 0.15) is 0 Å². The highest BCUT2D eigenvalue weighted by Gasteiger charge is 2.13.